The van der Waals surface area contributed by atoms with Gasteiger partial charge in [0, 0.05) is 13.1 Å². The molecule has 0 aromatic rings. The third kappa shape index (κ3) is 3.89. The summed E-state index contributed by atoms with van der Waals surface area (Å²) in [6.45, 7) is 5.48. The van der Waals surface area contributed by atoms with Crippen LogP contribution < -0.4 is 5.73 Å². The van der Waals surface area contributed by atoms with Crippen LogP contribution in [-0.4, -0.2) is 34.9 Å². The van der Waals surface area contributed by atoms with Gasteiger partial charge in [-0.3, -0.25) is 4.79 Å². The molecule has 5 heteroatoms. The Morgan fingerprint density at radius 1 is 1.50 bits per heavy atom. The van der Waals surface area contributed by atoms with Crippen LogP contribution in [0.2, 0.25) is 0 Å². The topological polar surface area (TPSA) is 78.9 Å². The zero-order chi connectivity index (χ0) is 13.5. The van der Waals surface area contributed by atoms with Gasteiger partial charge in [0.1, 0.15) is 0 Å². The summed E-state index contributed by atoms with van der Waals surface area (Å²) in [5.41, 5.74) is 5.49. The number of hydrogen-bond donors (Lipinski definition) is 2. The summed E-state index contributed by atoms with van der Waals surface area (Å²) < 4.78 is 0. The molecule has 1 heterocycles. The summed E-state index contributed by atoms with van der Waals surface area (Å²) in [5, 5.41) is 11.5. The molecule has 0 aromatic heterocycles. The molecular formula is C13H25N3O2. The first-order chi connectivity index (χ1) is 8.60. The Morgan fingerprint density at radius 3 is 2.83 bits per heavy atom. The highest BCUT2D eigenvalue weighted by Gasteiger charge is 2.26. The number of hydrogen-bond acceptors (Lipinski definition) is 3. The van der Waals surface area contributed by atoms with Gasteiger partial charge in [0.25, 0.3) is 0 Å². The molecule has 0 aliphatic carbocycles. The van der Waals surface area contributed by atoms with E-state index in [4.69, 9.17) is 10.9 Å². The van der Waals surface area contributed by atoms with E-state index in [-0.39, 0.29) is 11.7 Å². The Kier molecular flexibility index (Phi) is 5.95. The van der Waals surface area contributed by atoms with E-state index in [0.29, 0.717) is 0 Å². The van der Waals surface area contributed by atoms with E-state index in [1.807, 2.05) is 4.90 Å². The van der Waals surface area contributed by atoms with Crippen molar-refractivity contribution < 1.29 is 10.0 Å². The number of rotatable bonds is 4. The van der Waals surface area contributed by atoms with Gasteiger partial charge >= 0.3 is 0 Å². The van der Waals surface area contributed by atoms with Crippen molar-refractivity contribution in [1.82, 2.24) is 4.90 Å². The van der Waals surface area contributed by atoms with Gasteiger partial charge in [-0.05, 0) is 32.1 Å². The van der Waals surface area contributed by atoms with E-state index in [2.05, 4.69) is 12.1 Å². The Labute approximate surface area is 109 Å². The monoisotopic (exact) mass is 255 g/mol. The van der Waals surface area contributed by atoms with Gasteiger partial charge in [-0.15, -0.1) is 0 Å². The summed E-state index contributed by atoms with van der Waals surface area (Å²) in [7, 11) is 0. The maximum atomic E-state index is 12.2. The van der Waals surface area contributed by atoms with E-state index in [9.17, 15) is 4.79 Å². The average molecular weight is 255 g/mol. The second-order valence-electron chi connectivity index (χ2n) is 5.16. The quantitative estimate of drug-likeness (QED) is 0.348. The minimum absolute atomic E-state index is 0.00523. The van der Waals surface area contributed by atoms with Gasteiger partial charge in [-0.25, -0.2) is 0 Å². The van der Waals surface area contributed by atoms with Gasteiger partial charge in [0.05, 0.1) is 5.92 Å². The number of carbonyl (C=O) groups is 1. The maximum Gasteiger partial charge on any atom is 0.233 e. The predicted molar refractivity (Wildman–Crippen MR) is 71.4 cm³/mol. The predicted octanol–water partition coefficient (Wildman–Crippen LogP) is 1.80. The van der Waals surface area contributed by atoms with Gasteiger partial charge in [-0.2, -0.15) is 0 Å². The van der Waals surface area contributed by atoms with Crippen LogP contribution in [0.1, 0.15) is 46.0 Å². The SMILES string of the molecule is CCCC1CCCN(C(=O)C(C)C(N)=NO)CC1. The zero-order valence-electron chi connectivity index (χ0n) is 11.4. The van der Waals surface area contributed by atoms with Crippen LogP contribution in [0.25, 0.3) is 0 Å². The molecule has 1 aliphatic rings. The van der Waals surface area contributed by atoms with Crippen molar-refractivity contribution in [2.75, 3.05) is 13.1 Å². The molecule has 18 heavy (non-hydrogen) atoms. The molecule has 0 radical (unpaired) electrons. The molecule has 1 aliphatic heterocycles. The molecule has 0 spiro atoms. The van der Waals surface area contributed by atoms with Crippen molar-refractivity contribution in [3.63, 3.8) is 0 Å². The van der Waals surface area contributed by atoms with Gasteiger partial charge in [-0.1, -0.05) is 24.9 Å². The third-order valence-corrected chi connectivity index (χ3v) is 3.79. The standard InChI is InChI=1S/C13H25N3O2/c1-3-5-11-6-4-8-16(9-7-11)13(17)10(2)12(14)15-18/h10-11,18H,3-9H2,1-2H3,(H2,14,15). The molecule has 2 atom stereocenters. The molecule has 1 saturated heterocycles. The fraction of sp³-hybridized carbons (Fsp3) is 0.846. The van der Waals surface area contributed by atoms with Crippen LogP contribution in [0.5, 0.6) is 0 Å². The van der Waals surface area contributed by atoms with E-state index < -0.39 is 5.92 Å². The maximum absolute atomic E-state index is 12.2. The molecule has 2 unspecified atom stereocenters. The molecule has 0 bridgehead atoms. The van der Waals surface area contributed by atoms with Crippen LogP contribution in [0.4, 0.5) is 0 Å². The van der Waals surface area contributed by atoms with Crippen molar-refractivity contribution >= 4 is 11.7 Å². The molecule has 104 valence electrons. The highest BCUT2D eigenvalue weighted by molar-refractivity contribution is 6.01. The fourth-order valence-electron chi connectivity index (χ4n) is 2.57. The second kappa shape index (κ2) is 7.24. The van der Waals surface area contributed by atoms with E-state index >= 15 is 0 Å². The van der Waals surface area contributed by atoms with Crippen molar-refractivity contribution in [2.24, 2.45) is 22.7 Å². The van der Waals surface area contributed by atoms with Crippen molar-refractivity contribution in [3.05, 3.63) is 0 Å². The van der Waals surface area contributed by atoms with Crippen molar-refractivity contribution in [2.45, 2.75) is 46.0 Å². The van der Waals surface area contributed by atoms with E-state index in [0.717, 1.165) is 31.8 Å². The van der Waals surface area contributed by atoms with Gasteiger partial charge < -0.3 is 15.8 Å². The lowest BCUT2D eigenvalue weighted by atomic mass is 9.96. The first kappa shape index (κ1) is 14.8. The Bertz CT molecular complexity index is 305. The van der Waals surface area contributed by atoms with E-state index in [1.54, 1.807) is 6.92 Å². The summed E-state index contributed by atoms with van der Waals surface area (Å²) >= 11 is 0. The molecule has 3 N–H and O–H groups in total. The number of nitrogens with two attached hydrogens (primary N) is 1. The van der Waals surface area contributed by atoms with Crippen LogP contribution in [0.15, 0.2) is 5.16 Å². The molecular weight excluding hydrogens is 230 g/mol. The minimum atomic E-state index is -0.530. The van der Waals surface area contributed by atoms with Gasteiger partial charge in [0.15, 0.2) is 5.84 Å². The summed E-state index contributed by atoms with van der Waals surface area (Å²) in [4.78, 5) is 14.0. The zero-order valence-corrected chi connectivity index (χ0v) is 11.4. The number of likely N-dealkylation sites (tertiary alicyclic amines) is 1. The van der Waals surface area contributed by atoms with Crippen LogP contribution in [0, 0.1) is 11.8 Å². The molecule has 1 fully saturated rings. The molecule has 0 saturated carbocycles. The lowest BCUT2D eigenvalue weighted by Gasteiger charge is -2.23. The first-order valence-corrected chi connectivity index (χ1v) is 6.86. The fourth-order valence-corrected chi connectivity index (χ4v) is 2.57. The average Bonchev–Trinajstić information content (AvgIpc) is 2.62. The minimum Gasteiger partial charge on any atom is -0.409 e. The lowest BCUT2D eigenvalue weighted by molar-refractivity contribution is -0.132. The number of amides is 1. The Hall–Kier alpha value is -1.26. The summed E-state index contributed by atoms with van der Waals surface area (Å²) in [5.74, 6) is 0.182. The number of amidine groups is 1. The number of nitrogens with zero attached hydrogens (tertiary/aromatic N) is 2. The molecule has 0 aromatic carbocycles. The highest BCUT2D eigenvalue weighted by atomic mass is 16.4. The number of oxime groups is 1. The second-order valence-corrected chi connectivity index (χ2v) is 5.16. The normalized spacial score (nSPS) is 23.6. The lowest BCUT2D eigenvalue weighted by Crippen LogP contribution is -2.41. The first-order valence-electron chi connectivity index (χ1n) is 6.86. The largest absolute Gasteiger partial charge is 0.409 e. The Balaban J connectivity index is 2.54. The smallest absolute Gasteiger partial charge is 0.233 e. The third-order valence-electron chi connectivity index (χ3n) is 3.79. The van der Waals surface area contributed by atoms with Crippen molar-refractivity contribution in [1.29, 1.82) is 0 Å². The Morgan fingerprint density at radius 2 is 2.22 bits per heavy atom. The van der Waals surface area contributed by atoms with Crippen LogP contribution in [0.3, 0.4) is 0 Å². The van der Waals surface area contributed by atoms with Gasteiger partial charge in [0.2, 0.25) is 5.91 Å². The molecule has 5 nitrogen and oxygen atoms in total. The highest BCUT2D eigenvalue weighted by Crippen LogP contribution is 2.22. The van der Waals surface area contributed by atoms with E-state index in [1.165, 1.54) is 19.3 Å². The summed E-state index contributed by atoms with van der Waals surface area (Å²) in [6.07, 6.45) is 5.79. The molecule has 1 amide bonds. The number of carbonyl (C=O) groups excluding carboxylic acids is 1. The van der Waals surface area contributed by atoms with Crippen molar-refractivity contribution in [3.8, 4) is 0 Å². The molecule has 1 rings (SSSR count). The van der Waals surface area contributed by atoms with Crippen LogP contribution >= 0.6 is 0 Å². The summed E-state index contributed by atoms with van der Waals surface area (Å²) in [6, 6.07) is 0. The van der Waals surface area contributed by atoms with Crippen LogP contribution in [-0.2, 0) is 4.79 Å².